The van der Waals surface area contributed by atoms with E-state index in [9.17, 15) is 48.9 Å². The summed E-state index contributed by atoms with van der Waals surface area (Å²) in [6, 6.07) is 1.39. The second kappa shape index (κ2) is 50.1. The van der Waals surface area contributed by atoms with Gasteiger partial charge < -0.3 is 119 Å². The van der Waals surface area contributed by atoms with Crippen LogP contribution >= 0.6 is 11.8 Å². The minimum Gasteiger partial charge on any atom is -0.508 e. The van der Waals surface area contributed by atoms with E-state index in [1.807, 2.05) is 13.8 Å². The zero-order chi connectivity index (χ0) is 99.4. The predicted octanol–water partition coefficient (Wildman–Crippen LogP) is -1.16. The summed E-state index contributed by atoms with van der Waals surface area (Å²) in [5.41, 5.74) is 14.6. The second-order valence-electron chi connectivity index (χ2n) is 35.4. The van der Waals surface area contributed by atoms with Gasteiger partial charge in [-0.25, -0.2) is 4.98 Å². The largest absolute Gasteiger partial charge is 0.508 e. The molecule has 43 heteroatoms. The number of nitrogens with zero attached hydrogens (tertiary/aromatic N) is 7. The van der Waals surface area contributed by atoms with E-state index in [-0.39, 0.29) is 88.8 Å². The highest BCUT2D eigenvalue weighted by Crippen LogP contribution is 2.28. The first-order chi connectivity index (χ1) is 65.4. The highest BCUT2D eigenvalue weighted by molar-refractivity contribution is 8.00. The van der Waals surface area contributed by atoms with Crippen LogP contribution in [0.1, 0.15) is 140 Å². The number of aliphatic hydroxyl groups is 2. The van der Waals surface area contributed by atoms with E-state index in [0.717, 1.165) is 31.4 Å². The summed E-state index contributed by atoms with van der Waals surface area (Å²) in [6.07, 6.45) is 6.65. The number of fused-ring (bicyclic) bond motifs is 4. The Morgan fingerprint density at radius 3 is 1.65 bits per heavy atom. The van der Waals surface area contributed by atoms with Crippen LogP contribution in [0.5, 0.6) is 5.75 Å². The van der Waals surface area contributed by atoms with Crippen LogP contribution in [0.4, 0.5) is 0 Å². The van der Waals surface area contributed by atoms with Gasteiger partial charge >= 0.3 is 0 Å². The first-order valence-electron chi connectivity index (χ1n) is 46.0. The number of carbonyl (C=O) groups excluding carboxylic acids is 17. The Balaban J connectivity index is 1.02. The van der Waals surface area contributed by atoms with E-state index < -0.39 is 235 Å². The van der Waals surface area contributed by atoms with Crippen LogP contribution in [-0.4, -0.2) is 315 Å². The highest BCUT2D eigenvalue weighted by Gasteiger charge is 2.47. The maximum atomic E-state index is 15.8. The maximum Gasteiger partial charge on any atom is 0.245 e. The van der Waals surface area contributed by atoms with Gasteiger partial charge in [-0.3, -0.25) is 86.5 Å². The molecule has 4 aromatic heterocycles. The Morgan fingerprint density at radius 2 is 1.04 bits per heavy atom. The van der Waals surface area contributed by atoms with E-state index >= 15 is 47.9 Å². The van der Waals surface area contributed by atoms with Gasteiger partial charge in [-0.05, 0) is 110 Å². The highest BCUT2D eigenvalue weighted by atomic mass is 32.2. The van der Waals surface area contributed by atoms with Gasteiger partial charge in [0.05, 0.1) is 31.3 Å². The number of nitrogens with two attached hydrogens (primary N) is 2. The van der Waals surface area contributed by atoms with E-state index in [1.165, 1.54) is 82.1 Å². The van der Waals surface area contributed by atoms with Crippen molar-refractivity contribution in [3.8, 4) is 5.75 Å². The SMILES string of the molecule is CCCC[C@H]1C(=O)N(C)[C@@H](CCCC)C(=O)N[C@@H](Cc2ccncc2)C(=O)N[C@H](C(=O)NCC(N)=O)CSCC(=O)N[C@@H](Cc2ccc(O)cc2)C(=O)N(C)[C@@H](C)C(=O)N[C@@H](CCC(N)=O)C(=O)N2CCC[C@H]2C(=O)N[C@@H](Cc2cnc[nH]2)C(=O)N[C@@H](CC(C)C)C(=O)N2C[C@H](O)CC2C(=O)N[C@@H](Cc2c[nH]c3ccccc23)C(=O)N[C@@H](CO)C(=O)N[C@@H](Cc2c[nH]c3ccccc23)C(=O)N1C. The maximum absolute atomic E-state index is 15.8. The minimum atomic E-state index is -1.89. The van der Waals surface area contributed by atoms with Crippen LogP contribution in [0.2, 0.25) is 0 Å². The van der Waals surface area contributed by atoms with Gasteiger partial charge in [0, 0.05) is 143 Å². The van der Waals surface area contributed by atoms with Crippen molar-refractivity contribution < 1.29 is 96.8 Å². The first kappa shape index (κ1) is 105. The van der Waals surface area contributed by atoms with Crippen molar-refractivity contribution in [2.75, 3.05) is 58.9 Å². The van der Waals surface area contributed by atoms with Gasteiger partial charge in [0.15, 0.2) is 0 Å². The molecule has 0 spiro atoms. The third kappa shape index (κ3) is 28.9. The first-order valence-corrected chi connectivity index (χ1v) is 47.2. The number of phenolic OH excluding ortho intramolecular Hbond substituents is 1. The van der Waals surface area contributed by atoms with Crippen molar-refractivity contribution >= 4 is 134 Å². The molecule has 3 saturated heterocycles. The molecule has 0 saturated carbocycles. The monoisotopic (exact) mass is 1910 g/mol. The standard InChI is InChI=1S/C94H126N22O20S/c1-9-11-22-74-87(129)105-66(37-55-31-33-97-34-32-55)83(125)111-73(82(124)101-46-79(96)121)49-137-50-80(122)103-70(38-54-25-27-59(118)28-26-54)90(132)112(6)53(5)81(123)104-65(29-30-78(95)120)92(134)115-35-17-24-75(115)88(130)107-68(41-58-45-98-51-102-58)85(127)108-69(36-52(3)4)93(135)116-47-60(119)42-77(116)89(131)106-67(39-56-43-99-63-20-15-13-18-61(56)63)84(126)110-72(48-117)86(128)109-71(40-57-44-100-64-21-16-14-19-62(57)64)91(133)114(8)76(23-12-10-2)94(136)113(74)7/h13-16,18-21,25-28,31-34,43-45,51-53,60,65-77,99-100,117-119H,9-12,17,22-24,29-30,35-42,46-50H2,1-8H3,(H2,95,120)(H2,96,121)(H,98,102)(H,101,124)(H,103,122)(H,104,123)(H,105,129)(H,106,131)(H,107,130)(H,108,127)(H,109,128)(H,110,126)(H,111,125)/t53-,60+,65-,66-,67-,68-,69-,70-,71-,72-,73-,74-,75-,76-,77?/m0/s1. The third-order valence-electron chi connectivity index (χ3n) is 24.8. The van der Waals surface area contributed by atoms with Crippen molar-refractivity contribution in [2.45, 2.75) is 234 Å². The lowest BCUT2D eigenvalue weighted by molar-refractivity contribution is -0.149. The van der Waals surface area contributed by atoms with E-state index in [2.05, 4.69) is 78.1 Å². The molecule has 17 amide bonds. The predicted molar refractivity (Wildman–Crippen MR) is 503 cm³/mol. The quantitative estimate of drug-likeness (QED) is 0.0321. The molecule has 20 N–H and O–H groups in total. The number of amides is 17. The van der Waals surface area contributed by atoms with Gasteiger partial charge in [-0.2, -0.15) is 0 Å². The summed E-state index contributed by atoms with van der Waals surface area (Å²) < 4.78 is 0. The van der Waals surface area contributed by atoms with Crippen LogP contribution in [0, 0.1) is 5.92 Å². The average molecular weight is 1920 g/mol. The summed E-state index contributed by atoms with van der Waals surface area (Å²) in [5, 5.41) is 61.1. The molecule has 15 atom stereocenters. The van der Waals surface area contributed by atoms with Crippen LogP contribution in [0.15, 0.2) is 122 Å². The van der Waals surface area contributed by atoms with Crippen LogP contribution in [-0.2, 0) is 114 Å². The number of nitrogens with one attached hydrogen (secondary N) is 13. The van der Waals surface area contributed by atoms with Gasteiger partial charge in [0.25, 0.3) is 0 Å². The number of phenols is 1. The topological polar surface area (TPSA) is 613 Å². The lowest BCUT2D eigenvalue weighted by atomic mass is 9.99. The molecule has 10 rings (SSSR count). The molecule has 738 valence electrons. The number of aromatic nitrogens is 5. The summed E-state index contributed by atoms with van der Waals surface area (Å²) >= 11 is 0.785. The number of aromatic hydroxyl groups is 1. The zero-order valence-electron chi connectivity index (χ0n) is 78.0. The van der Waals surface area contributed by atoms with Crippen molar-refractivity contribution in [2.24, 2.45) is 17.4 Å². The van der Waals surface area contributed by atoms with Gasteiger partial charge in [-0.1, -0.05) is 102 Å². The number of H-pyrrole nitrogens is 3. The van der Waals surface area contributed by atoms with Crippen molar-refractivity contribution in [1.29, 1.82) is 0 Å². The molecular weight excluding hydrogens is 1790 g/mol. The minimum absolute atomic E-state index is 0.000522. The zero-order valence-corrected chi connectivity index (χ0v) is 78.8. The summed E-state index contributed by atoms with van der Waals surface area (Å²) in [7, 11) is 3.97. The van der Waals surface area contributed by atoms with Crippen molar-refractivity contribution in [1.82, 2.24) is 103 Å². The summed E-state index contributed by atoms with van der Waals surface area (Å²) in [6.45, 7) is 6.18. The Hall–Kier alpha value is -13.8. The molecule has 7 heterocycles. The lowest BCUT2D eigenvalue weighted by Crippen LogP contribution is -2.62. The Labute approximate surface area is 796 Å². The number of imidazole rings is 1. The van der Waals surface area contributed by atoms with Gasteiger partial charge in [0.1, 0.15) is 90.3 Å². The summed E-state index contributed by atoms with van der Waals surface area (Å²) in [4.78, 5) is 274. The van der Waals surface area contributed by atoms with Crippen LogP contribution in [0.25, 0.3) is 21.8 Å². The van der Waals surface area contributed by atoms with E-state index in [1.54, 1.807) is 86.9 Å². The molecule has 3 fully saturated rings. The fourth-order valence-corrected chi connectivity index (χ4v) is 18.0. The smallest absolute Gasteiger partial charge is 0.245 e. The fourth-order valence-electron chi connectivity index (χ4n) is 17.1. The summed E-state index contributed by atoms with van der Waals surface area (Å²) in [5.74, 6) is -16.9. The number of pyridine rings is 1. The molecule has 137 heavy (non-hydrogen) atoms. The van der Waals surface area contributed by atoms with Crippen molar-refractivity contribution in [3.05, 3.63) is 150 Å². The van der Waals surface area contributed by atoms with Gasteiger partial charge in [0.2, 0.25) is 100 Å². The molecule has 3 aliphatic heterocycles. The lowest BCUT2D eigenvalue weighted by Gasteiger charge is -2.36. The molecule has 42 nitrogen and oxygen atoms in total. The molecule has 0 radical (unpaired) electrons. The van der Waals surface area contributed by atoms with Crippen LogP contribution in [0.3, 0.4) is 0 Å². The van der Waals surface area contributed by atoms with Gasteiger partial charge in [-0.15, -0.1) is 11.8 Å². The fraction of sp³-hybridized carbons (Fsp3) is 0.500. The number of aliphatic hydroxyl groups excluding tert-OH is 2. The average Bonchev–Trinajstić information content (AvgIpc) is 1.76. The normalized spacial score (nSPS) is 24.6. The number of para-hydroxylation sites is 2. The molecular formula is C94H126N22O20S. The molecule has 7 aromatic rings. The third-order valence-corrected chi connectivity index (χ3v) is 25.8. The van der Waals surface area contributed by atoms with Crippen LogP contribution < -0.4 is 64.6 Å². The molecule has 0 aliphatic carbocycles. The number of primary amides is 2. The second-order valence-corrected chi connectivity index (χ2v) is 36.4. The number of thioether (sulfide) groups is 1. The molecule has 0 bridgehead atoms. The molecule has 3 aromatic carbocycles. The number of hydrogen-bond acceptors (Lipinski definition) is 23. The number of carbonyl (C=O) groups is 17. The molecule has 3 aliphatic rings. The number of likely N-dealkylation sites (N-methyl/N-ethyl adjacent to an activating group) is 3. The van der Waals surface area contributed by atoms with E-state index in [0.29, 0.717) is 75.4 Å². The molecule has 1 unspecified atom stereocenters. The Morgan fingerprint density at radius 1 is 0.526 bits per heavy atom. The van der Waals surface area contributed by atoms with Crippen molar-refractivity contribution in [3.63, 3.8) is 0 Å². The number of hydrogen-bond donors (Lipinski definition) is 18. The van der Waals surface area contributed by atoms with E-state index in [4.69, 9.17) is 11.5 Å². The number of unbranched alkanes of at least 4 members (excludes halogenated alkanes) is 2. The number of rotatable bonds is 25. The Bertz CT molecular complexity index is 5430. The Kier molecular flexibility index (Phi) is 38.5. The number of aromatic amines is 3. The number of benzene rings is 3.